The normalized spacial score (nSPS) is 17.5. The Morgan fingerprint density at radius 1 is 1.32 bits per heavy atom. The number of carbonyl (C=O) groups excluding carboxylic acids is 2. The summed E-state index contributed by atoms with van der Waals surface area (Å²) in [6, 6.07) is 5.72. The van der Waals surface area contributed by atoms with Crippen LogP contribution in [0.2, 0.25) is 0 Å². The van der Waals surface area contributed by atoms with Crippen LogP contribution in [0.15, 0.2) is 30.6 Å². The summed E-state index contributed by atoms with van der Waals surface area (Å²) >= 11 is 0. The lowest BCUT2D eigenvalue weighted by atomic mass is 9.99. The van der Waals surface area contributed by atoms with Crippen LogP contribution in [0, 0.1) is 0 Å². The maximum atomic E-state index is 12.5. The van der Waals surface area contributed by atoms with Crippen molar-refractivity contribution in [2.24, 2.45) is 7.05 Å². The number of aromatic nitrogens is 3. The number of piperidine rings is 1. The van der Waals surface area contributed by atoms with E-state index in [9.17, 15) is 9.59 Å². The minimum Gasteiger partial charge on any atom is -0.349 e. The lowest BCUT2D eigenvalue weighted by Gasteiger charge is -2.35. The highest BCUT2D eigenvalue weighted by molar-refractivity contribution is 5.92. The largest absolute Gasteiger partial charge is 0.349 e. The molecule has 1 atom stereocenters. The molecular weight excluding hydrogens is 318 g/mol. The zero-order valence-electron chi connectivity index (χ0n) is 14.8. The zero-order chi connectivity index (χ0) is 17.8. The average molecular weight is 343 g/mol. The van der Waals surface area contributed by atoms with E-state index in [2.05, 4.69) is 10.4 Å². The Morgan fingerprint density at radius 3 is 2.88 bits per heavy atom. The summed E-state index contributed by atoms with van der Waals surface area (Å²) in [6.07, 6.45) is 6.67. The van der Waals surface area contributed by atoms with Crippen LogP contribution < -0.4 is 5.32 Å². The summed E-state index contributed by atoms with van der Waals surface area (Å²) < 4.78 is 3.69. The third kappa shape index (κ3) is 3.75. The molecular formula is C18H25N5O2. The van der Waals surface area contributed by atoms with Crippen LogP contribution in [0.25, 0.3) is 0 Å². The van der Waals surface area contributed by atoms with Gasteiger partial charge in [-0.05, 0) is 37.5 Å². The fourth-order valence-electron chi connectivity index (χ4n) is 3.51. The van der Waals surface area contributed by atoms with Gasteiger partial charge in [0.1, 0.15) is 5.69 Å². The lowest BCUT2D eigenvalue weighted by Crippen LogP contribution is -2.38. The third-order valence-corrected chi connectivity index (χ3v) is 4.83. The minimum absolute atomic E-state index is 0.0573. The molecule has 2 aromatic rings. The van der Waals surface area contributed by atoms with Gasteiger partial charge in [0.15, 0.2) is 0 Å². The van der Waals surface area contributed by atoms with Crippen molar-refractivity contribution >= 4 is 11.8 Å². The topological polar surface area (TPSA) is 72.2 Å². The van der Waals surface area contributed by atoms with Crippen molar-refractivity contribution in [3.63, 3.8) is 0 Å². The third-order valence-electron chi connectivity index (χ3n) is 4.83. The first-order chi connectivity index (χ1) is 12.1. The van der Waals surface area contributed by atoms with Crippen LogP contribution in [0.4, 0.5) is 0 Å². The summed E-state index contributed by atoms with van der Waals surface area (Å²) in [5.41, 5.74) is 1.64. The van der Waals surface area contributed by atoms with Crippen molar-refractivity contribution in [1.29, 1.82) is 0 Å². The van der Waals surface area contributed by atoms with Gasteiger partial charge in [-0.1, -0.05) is 0 Å². The Bertz CT molecular complexity index is 735. The van der Waals surface area contributed by atoms with Crippen LogP contribution in [0.5, 0.6) is 0 Å². The van der Waals surface area contributed by atoms with Gasteiger partial charge in [-0.2, -0.15) is 5.10 Å². The first-order valence-electron chi connectivity index (χ1n) is 8.76. The Hall–Kier alpha value is -2.57. The molecule has 25 heavy (non-hydrogen) atoms. The molecule has 3 heterocycles. The highest BCUT2D eigenvalue weighted by atomic mass is 16.2. The van der Waals surface area contributed by atoms with Crippen molar-refractivity contribution < 1.29 is 9.59 Å². The van der Waals surface area contributed by atoms with E-state index in [0.29, 0.717) is 18.8 Å². The van der Waals surface area contributed by atoms with Gasteiger partial charge in [0.05, 0.1) is 12.6 Å². The predicted molar refractivity (Wildman–Crippen MR) is 94.0 cm³/mol. The van der Waals surface area contributed by atoms with Crippen LogP contribution in [-0.4, -0.2) is 44.2 Å². The van der Waals surface area contributed by atoms with E-state index in [-0.39, 0.29) is 17.9 Å². The lowest BCUT2D eigenvalue weighted by molar-refractivity contribution is -0.132. The standard InChI is InChI=1S/C18H25N5O2/c1-14(24)23-12-4-3-6-16(23)15-7-8-17(21(15)2)18(25)19-10-13-22-11-5-9-20-22/h5,7-9,11,16H,3-4,6,10,12-13H2,1-2H3,(H,19,25)/t16-/m1/s1. The van der Waals surface area contributed by atoms with Gasteiger partial charge in [0.25, 0.3) is 5.91 Å². The summed E-state index contributed by atoms with van der Waals surface area (Å²) in [7, 11) is 1.89. The molecule has 1 fully saturated rings. The maximum absolute atomic E-state index is 12.5. The molecule has 1 aliphatic heterocycles. The van der Waals surface area contributed by atoms with Crippen LogP contribution in [0.3, 0.4) is 0 Å². The predicted octanol–water partition coefficient (Wildman–Crippen LogP) is 1.73. The quantitative estimate of drug-likeness (QED) is 0.898. The molecule has 134 valence electrons. The average Bonchev–Trinajstić information content (AvgIpc) is 3.24. The molecule has 7 heteroatoms. The molecule has 3 rings (SSSR count). The highest BCUT2D eigenvalue weighted by Gasteiger charge is 2.28. The van der Waals surface area contributed by atoms with E-state index in [1.54, 1.807) is 17.8 Å². The smallest absolute Gasteiger partial charge is 0.267 e. The van der Waals surface area contributed by atoms with E-state index in [0.717, 1.165) is 31.5 Å². The van der Waals surface area contributed by atoms with Gasteiger partial charge < -0.3 is 14.8 Å². The van der Waals surface area contributed by atoms with Crippen molar-refractivity contribution in [2.75, 3.05) is 13.1 Å². The Labute approximate surface area is 147 Å². The molecule has 1 aliphatic rings. The number of nitrogens with zero attached hydrogens (tertiary/aromatic N) is 4. The molecule has 1 saturated heterocycles. The molecule has 0 bridgehead atoms. The number of carbonyl (C=O) groups is 2. The number of hydrogen-bond donors (Lipinski definition) is 1. The molecule has 0 aromatic carbocycles. The number of amides is 2. The van der Waals surface area contributed by atoms with E-state index in [1.807, 2.05) is 40.9 Å². The van der Waals surface area contributed by atoms with E-state index in [4.69, 9.17) is 0 Å². The van der Waals surface area contributed by atoms with E-state index < -0.39 is 0 Å². The molecule has 1 N–H and O–H groups in total. The Kier molecular flexibility index (Phi) is 5.21. The van der Waals surface area contributed by atoms with E-state index >= 15 is 0 Å². The SMILES string of the molecule is CC(=O)N1CCCC[C@@H]1c1ccc(C(=O)NCCn2cccn2)n1C. The van der Waals surface area contributed by atoms with Crippen molar-refractivity contribution in [3.05, 3.63) is 42.0 Å². The van der Waals surface area contributed by atoms with Gasteiger partial charge in [-0.3, -0.25) is 14.3 Å². The van der Waals surface area contributed by atoms with Crippen LogP contribution in [0.1, 0.15) is 48.4 Å². The zero-order valence-corrected chi connectivity index (χ0v) is 14.8. The molecule has 2 amide bonds. The van der Waals surface area contributed by atoms with Crippen molar-refractivity contribution in [1.82, 2.24) is 24.6 Å². The molecule has 7 nitrogen and oxygen atoms in total. The van der Waals surface area contributed by atoms with Crippen LogP contribution in [-0.2, 0) is 18.4 Å². The fraction of sp³-hybridized carbons (Fsp3) is 0.500. The second kappa shape index (κ2) is 7.55. The summed E-state index contributed by atoms with van der Waals surface area (Å²) in [5.74, 6) is -0.0118. The molecule has 0 saturated carbocycles. The fourth-order valence-corrected chi connectivity index (χ4v) is 3.51. The second-order valence-electron chi connectivity index (χ2n) is 6.45. The molecule has 0 radical (unpaired) electrons. The number of nitrogens with one attached hydrogen (secondary N) is 1. The van der Waals surface area contributed by atoms with Gasteiger partial charge in [-0.15, -0.1) is 0 Å². The first kappa shape index (κ1) is 17.3. The summed E-state index contributed by atoms with van der Waals surface area (Å²) in [4.78, 5) is 26.3. The number of likely N-dealkylation sites (tertiary alicyclic amines) is 1. The van der Waals surface area contributed by atoms with Gasteiger partial charge in [0, 0.05) is 45.1 Å². The minimum atomic E-state index is -0.105. The van der Waals surface area contributed by atoms with Gasteiger partial charge >= 0.3 is 0 Å². The second-order valence-corrected chi connectivity index (χ2v) is 6.45. The van der Waals surface area contributed by atoms with Gasteiger partial charge in [-0.25, -0.2) is 0 Å². The monoisotopic (exact) mass is 343 g/mol. The number of rotatable bonds is 5. The summed E-state index contributed by atoms with van der Waals surface area (Å²) in [6.45, 7) is 3.56. The first-order valence-corrected chi connectivity index (χ1v) is 8.76. The molecule has 2 aromatic heterocycles. The van der Waals surface area contributed by atoms with Crippen molar-refractivity contribution in [3.8, 4) is 0 Å². The number of hydrogen-bond acceptors (Lipinski definition) is 3. The Balaban J connectivity index is 1.67. The molecule has 0 aliphatic carbocycles. The molecule has 0 unspecified atom stereocenters. The van der Waals surface area contributed by atoms with Crippen LogP contribution >= 0.6 is 0 Å². The summed E-state index contributed by atoms with van der Waals surface area (Å²) in [5, 5.41) is 7.04. The molecule has 0 spiro atoms. The highest BCUT2D eigenvalue weighted by Crippen LogP contribution is 2.31. The van der Waals surface area contributed by atoms with Crippen molar-refractivity contribution in [2.45, 2.75) is 38.8 Å². The maximum Gasteiger partial charge on any atom is 0.267 e. The Morgan fingerprint density at radius 2 is 2.16 bits per heavy atom. The van der Waals surface area contributed by atoms with E-state index in [1.165, 1.54) is 0 Å². The van der Waals surface area contributed by atoms with Gasteiger partial charge in [0.2, 0.25) is 5.91 Å².